The first-order valence-electron chi connectivity index (χ1n) is 29.4. The van der Waals surface area contributed by atoms with Crippen molar-refractivity contribution in [3.8, 4) is 0 Å². The van der Waals surface area contributed by atoms with Crippen molar-refractivity contribution in [2.45, 2.75) is 37.3 Å². The van der Waals surface area contributed by atoms with Crippen molar-refractivity contribution in [3.05, 3.63) is 320 Å². The molecule has 12 nitrogen and oxygen atoms in total. The maximum atomic E-state index is 15.8. The van der Waals surface area contributed by atoms with Crippen LogP contribution in [0.5, 0.6) is 0 Å². The molecule has 0 atom stereocenters. The molecule has 10 aromatic carbocycles. The van der Waals surface area contributed by atoms with Gasteiger partial charge in [0.25, 0.3) is 0 Å². The summed E-state index contributed by atoms with van der Waals surface area (Å²) in [6.07, 6.45) is 5.82. The topological polar surface area (TPSA) is 173 Å². The number of ether oxygens (including phenoxy) is 4. The summed E-state index contributed by atoms with van der Waals surface area (Å²) in [5.41, 5.74) is -1.50. The quantitative estimate of drug-likeness (QED) is 0.0332. The van der Waals surface area contributed by atoms with Crippen LogP contribution in [0.3, 0.4) is 0 Å². The second kappa shape index (κ2) is 22.2. The van der Waals surface area contributed by atoms with Crippen LogP contribution in [0.2, 0.25) is 0 Å². The van der Waals surface area contributed by atoms with Crippen LogP contribution in [0, 0.1) is 0 Å². The molecule has 15 rings (SSSR count). The number of carbonyl (C=O) groups excluding carboxylic acids is 8. The van der Waals surface area contributed by atoms with E-state index in [-0.39, 0.29) is 82.1 Å². The van der Waals surface area contributed by atoms with Gasteiger partial charge in [0.05, 0.1) is 11.1 Å². The smallest absolute Gasteiger partial charge is 0.333 e. The number of allylic oxidation sites excluding steroid dienone is 4. The molecule has 438 valence electrons. The Labute approximate surface area is 523 Å². The Morgan fingerprint density at radius 3 is 0.879 bits per heavy atom. The summed E-state index contributed by atoms with van der Waals surface area (Å²) in [6.45, 7) is -1.08. The van der Waals surface area contributed by atoms with Gasteiger partial charge in [-0.25, -0.2) is 0 Å². The molecule has 1 heterocycles. The highest BCUT2D eigenvalue weighted by Gasteiger charge is 2.59. The van der Waals surface area contributed by atoms with Crippen LogP contribution in [0.25, 0.3) is 53.9 Å². The van der Waals surface area contributed by atoms with Crippen molar-refractivity contribution < 1.29 is 57.3 Å². The van der Waals surface area contributed by atoms with Gasteiger partial charge in [0.15, 0.2) is 23.1 Å². The maximum absolute atomic E-state index is 15.8. The number of fused-ring (bicyclic) bond motifs is 9. The standard InChI is InChI=1S/C78H48O12S/c79-69-59-31-49-25-13-14-26-50(49)32-60(59)70(80)63(69)37-55-29-53-35-67-57(39-65(53)77(55,73(83)87-41-45-17-5-1-6-18-45)74(84)88-42-46-19-7-2-8-20-46)58-40-66-54(36-68(58)91-67)30-56(38-64-71(81)61-33-51-27-15-16-28-52(51)34-62(61)72(64)82)78(66,75(85)89-43-47-21-9-3-10-22-47)76(86)90-44-48-23-11-4-12-24-48/h1-40H,41-44H2. The zero-order valence-corrected chi connectivity index (χ0v) is 49.0. The fraction of sp³-hybridized carbons (Fsp3) is 0.0769. The number of hydrogen-bond acceptors (Lipinski definition) is 13. The first-order chi connectivity index (χ1) is 44.4. The molecular formula is C78H48O12S. The van der Waals surface area contributed by atoms with E-state index >= 15 is 19.2 Å². The highest BCUT2D eigenvalue weighted by atomic mass is 32.1. The molecule has 4 aliphatic carbocycles. The third-order valence-corrected chi connectivity index (χ3v) is 18.6. The van der Waals surface area contributed by atoms with E-state index in [0.717, 1.165) is 21.5 Å². The van der Waals surface area contributed by atoms with Crippen LogP contribution >= 0.6 is 11.3 Å². The highest BCUT2D eigenvalue weighted by Crippen LogP contribution is 2.53. The predicted octanol–water partition coefficient (Wildman–Crippen LogP) is 14.6. The lowest BCUT2D eigenvalue weighted by atomic mass is 9.75. The number of benzene rings is 10. The molecule has 0 amide bonds. The largest absolute Gasteiger partial charge is 0.459 e. The fourth-order valence-electron chi connectivity index (χ4n) is 12.9. The molecule has 13 heteroatoms. The lowest BCUT2D eigenvalue weighted by Gasteiger charge is -2.29. The fourth-order valence-corrected chi connectivity index (χ4v) is 14.1. The molecule has 0 N–H and O–H groups in total. The normalized spacial score (nSPS) is 14.9. The van der Waals surface area contributed by atoms with Gasteiger partial charge < -0.3 is 18.9 Å². The zero-order valence-electron chi connectivity index (χ0n) is 48.2. The van der Waals surface area contributed by atoms with Gasteiger partial charge in [-0.3, -0.25) is 38.4 Å². The Morgan fingerprint density at radius 2 is 0.604 bits per heavy atom. The number of thiophene rings is 1. The van der Waals surface area contributed by atoms with Crippen molar-refractivity contribution in [2.24, 2.45) is 0 Å². The molecule has 1 aromatic heterocycles. The molecule has 11 aromatic rings. The second-order valence-corrected chi connectivity index (χ2v) is 23.9. The summed E-state index contributed by atoms with van der Waals surface area (Å²) in [5, 5.41) is 3.89. The van der Waals surface area contributed by atoms with Crippen molar-refractivity contribution >= 4 is 112 Å². The Balaban J connectivity index is 0.927. The summed E-state index contributed by atoms with van der Waals surface area (Å²) >= 11 is 1.34. The minimum Gasteiger partial charge on any atom is -0.459 e. The molecule has 0 unspecified atom stereocenters. The molecule has 4 aliphatic rings. The minimum absolute atomic E-state index is 0.0509. The molecule has 0 radical (unpaired) electrons. The Kier molecular flexibility index (Phi) is 13.7. The van der Waals surface area contributed by atoms with Crippen LogP contribution in [-0.2, 0) is 75.4 Å². The number of hydrogen-bond donors (Lipinski definition) is 0. The summed E-state index contributed by atoms with van der Waals surface area (Å²) < 4.78 is 26.2. The van der Waals surface area contributed by atoms with Crippen molar-refractivity contribution in [1.82, 2.24) is 0 Å². The number of esters is 4. The van der Waals surface area contributed by atoms with E-state index in [1.807, 2.05) is 72.8 Å². The molecule has 0 fully saturated rings. The number of rotatable bonds is 14. The van der Waals surface area contributed by atoms with E-state index in [2.05, 4.69) is 0 Å². The van der Waals surface area contributed by atoms with E-state index in [0.29, 0.717) is 53.6 Å². The number of carbonyl (C=O) groups is 8. The van der Waals surface area contributed by atoms with E-state index in [4.69, 9.17) is 18.9 Å². The van der Waals surface area contributed by atoms with Gasteiger partial charge in [0.2, 0.25) is 10.8 Å². The maximum Gasteiger partial charge on any atom is 0.333 e. The molecule has 0 bridgehead atoms. The van der Waals surface area contributed by atoms with Gasteiger partial charge in [-0.2, -0.15) is 0 Å². The Morgan fingerprint density at radius 1 is 0.341 bits per heavy atom. The average Bonchev–Trinajstić information content (AvgIpc) is 1.56. The van der Waals surface area contributed by atoms with Crippen LogP contribution < -0.4 is 0 Å². The third kappa shape index (κ3) is 9.27. The van der Waals surface area contributed by atoms with Crippen molar-refractivity contribution in [1.29, 1.82) is 0 Å². The predicted molar refractivity (Wildman–Crippen MR) is 345 cm³/mol. The van der Waals surface area contributed by atoms with E-state index in [1.54, 1.807) is 158 Å². The summed E-state index contributed by atoms with van der Waals surface area (Å²) in [7, 11) is 0. The molecule has 0 saturated heterocycles. The van der Waals surface area contributed by atoms with E-state index in [1.165, 1.54) is 23.5 Å². The summed E-state index contributed by atoms with van der Waals surface area (Å²) in [4.78, 5) is 122. The van der Waals surface area contributed by atoms with E-state index < -0.39 is 57.8 Å². The van der Waals surface area contributed by atoms with Crippen molar-refractivity contribution in [3.63, 3.8) is 0 Å². The van der Waals surface area contributed by atoms with Gasteiger partial charge in [-0.05, 0) is 150 Å². The highest BCUT2D eigenvalue weighted by molar-refractivity contribution is 7.25. The molecule has 0 aliphatic heterocycles. The van der Waals surface area contributed by atoms with Crippen molar-refractivity contribution in [2.75, 3.05) is 0 Å². The molecule has 0 spiro atoms. The van der Waals surface area contributed by atoms with Gasteiger partial charge in [0.1, 0.15) is 26.4 Å². The Hall–Kier alpha value is -11.5. The summed E-state index contributed by atoms with van der Waals surface area (Å²) in [6, 6.07) is 64.0. The SMILES string of the molecule is O=C1C(=CC2=Cc3cc4sc5cc6c(cc5c4cc3C2(C(=O)OCc2ccccc2)C(=O)OCc2ccccc2)C(C(=O)OCc2ccccc2)(C(=O)OCc2ccccc2)C(C=C2C(=O)c3cc4ccccc4cc3C2=O)=C6)C(=O)c2cc3ccccc3cc21. The molecular weight excluding hydrogens is 1160 g/mol. The lowest BCUT2D eigenvalue weighted by molar-refractivity contribution is -0.166. The average molecular weight is 1210 g/mol. The molecule has 0 saturated carbocycles. The zero-order chi connectivity index (χ0) is 62.1. The summed E-state index contributed by atoms with van der Waals surface area (Å²) in [5.74, 6) is -6.57. The van der Waals surface area contributed by atoms with Crippen LogP contribution in [0.1, 0.15) is 85.9 Å². The monoisotopic (exact) mass is 1210 g/mol. The first kappa shape index (κ1) is 56.0. The van der Waals surface area contributed by atoms with Gasteiger partial charge in [-0.15, -0.1) is 11.3 Å². The third-order valence-electron chi connectivity index (χ3n) is 17.5. The van der Waals surface area contributed by atoms with E-state index in [9.17, 15) is 19.2 Å². The molecule has 91 heavy (non-hydrogen) atoms. The van der Waals surface area contributed by atoms with Crippen LogP contribution in [0.4, 0.5) is 0 Å². The second-order valence-electron chi connectivity index (χ2n) is 22.8. The Bertz CT molecular complexity index is 4600. The van der Waals surface area contributed by atoms with Crippen LogP contribution in [-0.4, -0.2) is 47.0 Å². The number of Topliss-reactive ketones (excluding diaryl/α,β-unsaturated/α-hetero) is 4. The first-order valence-corrected chi connectivity index (χ1v) is 30.2. The van der Waals surface area contributed by atoms with Gasteiger partial charge in [-0.1, -0.05) is 170 Å². The number of ketones is 4. The van der Waals surface area contributed by atoms with Gasteiger partial charge in [0, 0.05) is 42.4 Å². The lowest BCUT2D eigenvalue weighted by Crippen LogP contribution is -2.46. The van der Waals surface area contributed by atoms with Crippen LogP contribution in [0.15, 0.2) is 253 Å². The minimum atomic E-state index is -2.48. The van der Waals surface area contributed by atoms with Gasteiger partial charge >= 0.3 is 23.9 Å².